The van der Waals surface area contributed by atoms with E-state index >= 15 is 0 Å². The number of imide groups is 4. The van der Waals surface area contributed by atoms with Gasteiger partial charge in [-0.15, -0.1) is 5.10 Å². The SMILES string of the molecule is O=C1c2ccc3c4ccc5c6c7ccc(c8ccc(c2c38)C(=O)N1CCOCCOCCOCc1cn(nn1)CCOCCOCCN1C(=O)c2ccc3c8ccc9c%10c(ccc(c%11ccc(c2c3%11)C1=O)c%108)C(=O)N(CCOc1cc(C#CCOCCOCCOCCO)cc(c1)OCCN(C5=O)C7=O)C9=O)c64. The molecular formula is C82H69N7O19. The zero-order valence-corrected chi connectivity index (χ0v) is 58.4. The number of amides is 8. The molecule has 0 aliphatic carbocycles. The molecule has 0 saturated heterocycles. The molecule has 0 fully saturated rings. The molecule has 0 radical (unpaired) electrons. The van der Waals surface area contributed by atoms with Gasteiger partial charge in [0.05, 0.1) is 145 Å². The van der Waals surface area contributed by atoms with Crippen LogP contribution in [-0.2, 0) is 51.0 Å². The molecule has 31 rings (SSSR count). The van der Waals surface area contributed by atoms with Crippen LogP contribution in [0.25, 0.3) is 86.2 Å². The molecule has 12 aromatic rings. The molecule has 546 valence electrons. The maximum Gasteiger partial charge on any atom is 0.261 e. The lowest BCUT2D eigenvalue weighted by molar-refractivity contribution is 0.00690. The van der Waals surface area contributed by atoms with Crippen molar-refractivity contribution >= 4 is 133 Å². The van der Waals surface area contributed by atoms with Gasteiger partial charge in [-0.2, -0.15) is 0 Å². The Bertz CT molecular complexity index is 5520. The third-order valence-electron chi connectivity index (χ3n) is 20.4. The van der Waals surface area contributed by atoms with Gasteiger partial charge in [-0.3, -0.25) is 58.0 Å². The molecule has 19 aliphatic heterocycles. The number of hydrogen-bond donors (Lipinski definition) is 1. The molecule has 32 bridgehead atoms. The van der Waals surface area contributed by atoms with E-state index in [1.54, 1.807) is 77.6 Å². The van der Waals surface area contributed by atoms with Crippen molar-refractivity contribution in [1.29, 1.82) is 0 Å². The fraction of sp³-hybridized carbons (Fsp3) is 0.293. The molecular weight excluding hydrogens is 1390 g/mol. The Kier molecular flexibility index (Phi) is 19.1. The van der Waals surface area contributed by atoms with Gasteiger partial charge in [-0.1, -0.05) is 65.6 Å². The summed E-state index contributed by atoms with van der Waals surface area (Å²) in [4.78, 5) is 121. The van der Waals surface area contributed by atoms with Gasteiger partial charge in [0.2, 0.25) is 0 Å². The summed E-state index contributed by atoms with van der Waals surface area (Å²) in [5.41, 5.74) is 3.82. The van der Waals surface area contributed by atoms with Crippen molar-refractivity contribution in [2.75, 3.05) is 145 Å². The zero-order chi connectivity index (χ0) is 73.7. The first kappa shape index (κ1) is 69.6. The summed E-state index contributed by atoms with van der Waals surface area (Å²) < 4.78 is 59.8. The second kappa shape index (κ2) is 29.7. The quantitative estimate of drug-likeness (QED) is 0.0465. The monoisotopic (exact) mass is 1460 g/mol. The van der Waals surface area contributed by atoms with Crippen LogP contribution in [0.3, 0.4) is 0 Å². The fourth-order valence-corrected chi connectivity index (χ4v) is 15.6. The largest absolute Gasteiger partial charge is 0.492 e. The van der Waals surface area contributed by atoms with Crippen molar-refractivity contribution < 1.29 is 90.8 Å². The molecule has 26 heteroatoms. The summed E-state index contributed by atoms with van der Waals surface area (Å²) in [6, 6.07) is 33.5. The third-order valence-corrected chi connectivity index (χ3v) is 20.4. The van der Waals surface area contributed by atoms with Crippen molar-refractivity contribution in [1.82, 2.24) is 34.6 Å². The van der Waals surface area contributed by atoms with Gasteiger partial charge in [0.25, 0.3) is 47.3 Å². The highest BCUT2D eigenvalue weighted by Crippen LogP contribution is 2.49. The molecule has 0 spiro atoms. The first-order valence-corrected chi connectivity index (χ1v) is 35.8. The van der Waals surface area contributed by atoms with E-state index in [4.69, 9.17) is 52.5 Å². The summed E-state index contributed by atoms with van der Waals surface area (Å²) >= 11 is 0. The normalized spacial score (nSPS) is 17.0. The van der Waals surface area contributed by atoms with E-state index in [2.05, 4.69) is 22.2 Å². The second-order valence-electron chi connectivity index (χ2n) is 26.5. The molecule has 11 aromatic carbocycles. The Hall–Kier alpha value is -11.5. The number of rotatable bonds is 9. The van der Waals surface area contributed by atoms with Gasteiger partial charge < -0.3 is 52.5 Å². The molecule has 1 aromatic heterocycles. The van der Waals surface area contributed by atoms with Crippen molar-refractivity contribution in [2.24, 2.45) is 0 Å². The number of aromatic nitrogens is 3. The highest BCUT2D eigenvalue weighted by molar-refractivity contribution is 6.43. The van der Waals surface area contributed by atoms with Crippen LogP contribution < -0.4 is 9.47 Å². The topological polar surface area (TPSA) is 293 Å². The van der Waals surface area contributed by atoms with Crippen molar-refractivity contribution in [3.8, 4) is 23.3 Å². The number of hydrogen-bond acceptors (Lipinski definition) is 21. The number of carbonyl (C=O) groups excluding carboxylic acids is 8. The second-order valence-corrected chi connectivity index (χ2v) is 26.5. The number of aliphatic hydroxyl groups excluding tert-OH is 1. The highest BCUT2D eigenvalue weighted by atomic mass is 16.6. The fourth-order valence-electron chi connectivity index (χ4n) is 15.6. The first-order valence-electron chi connectivity index (χ1n) is 35.8. The Labute approximate surface area is 614 Å². The lowest BCUT2D eigenvalue weighted by atomic mass is 9.82. The number of ether oxygens (including phenoxy) is 10. The summed E-state index contributed by atoms with van der Waals surface area (Å²) in [7, 11) is 0. The highest BCUT2D eigenvalue weighted by Gasteiger charge is 2.40. The van der Waals surface area contributed by atoms with Crippen LogP contribution in [0.15, 0.2) is 121 Å². The predicted molar refractivity (Wildman–Crippen MR) is 394 cm³/mol. The van der Waals surface area contributed by atoms with Gasteiger partial charge in [-0.05, 0) is 125 Å². The van der Waals surface area contributed by atoms with Crippen LogP contribution in [0, 0.1) is 11.8 Å². The number of benzene rings is 11. The van der Waals surface area contributed by atoms with Crippen LogP contribution in [0.2, 0.25) is 0 Å². The van der Waals surface area contributed by atoms with Gasteiger partial charge in [0, 0.05) is 77.7 Å². The Morgan fingerprint density at radius 2 is 0.667 bits per heavy atom. The molecule has 108 heavy (non-hydrogen) atoms. The third kappa shape index (κ3) is 12.4. The van der Waals surface area contributed by atoms with E-state index in [0.29, 0.717) is 121 Å². The number of carbonyl (C=O) groups is 8. The number of nitrogens with zero attached hydrogens (tertiary/aromatic N) is 7. The maximum absolute atomic E-state index is 14.7. The molecule has 0 saturated carbocycles. The summed E-state index contributed by atoms with van der Waals surface area (Å²) in [5.74, 6) is 2.77. The molecule has 0 unspecified atom stereocenters. The average molecular weight is 1460 g/mol. The van der Waals surface area contributed by atoms with E-state index in [1.165, 1.54) is 9.80 Å². The van der Waals surface area contributed by atoms with Gasteiger partial charge in [0.1, 0.15) is 37.0 Å². The van der Waals surface area contributed by atoms with E-state index in [-0.39, 0.29) is 137 Å². The Balaban J connectivity index is 0.632. The van der Waals surface area contributed by atoms with E-state index in [1.807, 2.05) is 48.5 Å². The van der Waals surface area contributed by atoms with E-state index in [0.717, 1.165) is 63.7 Å². The first-order chi connectivity index (χ1) is 52.9. The lowest BCUT2D eigenvalue weighted by Crippen LogP contribution is -2.42. The van der Waals surface area contributed by atoms with E-state index in [9.17, 15) is 38.4 Å². The Morgan fingerprint density at radius 1 is 0.352 bits per heavy atom. The maximum atomic E-state index is 14.7. The zero-order valence-electron chi connectivity index (χ0n) is 58.4. The minimum atomic E-state index is -0.522. The molecule has 26 nitrogen and oxygen atoms in total. The predicted octanol–water partition coefficient (Wildman–Crippen LogP) is 8.61. The molecule has 1 N–H and O–H groups in total. The van der Waals surface area contributed by atoms with Crippen LogP contribution in [0.4, 0.5) is 0 Å². The number of aliphatic hydroxyl groups is 1. The van der Waals surface area contributed by atoms with Gasteiger partial charge in [0.15, 0.2) is 0 Å². The van der Waals surface area contributed by atoms with Crippen LogP contribution in [-0.4, -0.2) is 232 Å². The molecule has 0 atom stereocenters. The van der Waals surface area contributed by atoms with Crippen LogP contribution in [0.1, 0.15) is 94.1 Å². The van der Waals surface area contributed by atoms with Gasteiger partial charge in [-0.25, -0.2) is 4.68 Å². The summed E-state index contributed by atoms with van der Waals surface area (Å²) in [6.07, 6.45) is 1.76. The minimum Gasteiger partial charge on any atom is -0.492 e. The molecule has 8 amide bonds. The van der Waals surface area contributed by atoms with Gasteiger partial charge >= 0.3 is 0 Å². The smallest absolute Gasteiger partial charge is 0.261 e. The average Bonchev–Trinajstić information content (AvgIpc) is 0.709. The van der Waals surface area contributed by atoms with E-state index < -0.39 is 47.3 Å². The van der Waals surface area contributed by atoms with Crippen molar-refractivity contribution in [2.45, 2.75) is 13.2 Å². The van der Waals surface area contributed by atoms with Crippen LogP contribution in [0.5, 0.6) is 11.5 Å². The standard InChI is InChI=1S/C82H69N7O19/c90-24-31-103-36-39-104-37-32-99-25-1-2-47-42-49-44-50(43-47)108-30-23-89-81(97)65-17-9-57-53-5-13-61-72-62(14-6-54(68(53)72)58-10-18-66(82(89)98)74(65)70(57)58)78(94)87(77(61)93)21-28-102-35-38-105-40-41-106-46-48-45-85(84-83-48)19-26-100-33-34-101-27-20-86-75(91)59-11-3-51-55-7-15-63-73-64(80(96)88(79(63)95)22-29-107-49)16-8-56(69(55)73)52-4-12-60(76(86)92)71(59)67(51)52/h3-18,42-45,90H,19-41,46H2. The molecule has 19 aliphatic rings. The van der Waals surface area contributed by atoms with Crippen molar-refractivity contribution in [3.05, 3.63) is 177 Å². The summed E-state index contributed by atoms with van der Waals surface area (Å²) in [5, 5.41) is 28.2. The van der Waals surface area contributed by atoms with Crippen molar-refractivity contribution in [3.63, 3.8) is 0 Å². The Morgan fingerprint density at radius 3 is 1.03 bits per heavy atom. The van der Waals surface area contributed by atoms with Crippen LogP contribution >= 0.6 is 0 Å². The minimum absolute atomic E-state index is 0.0107. The lowest BCUT2D eigenvalue weighted by Gasteiger charge is -2.30. The molecule has 20 heterocycles. The summed E-state index contributed by atoms with van der Waals surface area (Å²) in [6.45, 7) is 3.43.